The van der Waals surface area contributed by atoms with E-state index >= 15 is 0 Å². The number of sulfonamides is 1. The van der Waals surface area contributed by atoms with Gasteiger partial charge in [0.2, 0.25) is 10.0 Å². The summed E-state index contributed by atoms with van der Waals surface area (Å²) < 4.78 is 27.2. The molecule has 0 bridgehead atoms. The number of rotatable bonds is 8. The highest BCUT2D eigenvalue weighted by molar-refractivity contribution is 7.89. The molecule has 1 aliphatic rings. The third-order valence-corrected chi connectivity index (χ3v) is 4.84. The molecule has 0 atom stereocenters. The highest BCUT2D eigenvalue weighted by Gasteiger charge is 2.21. The average Bonchev–Trinajstić information content (AvgIpc) is 3.20. The van der Waals surface area contributed by atoms with Crippen LogP contribution in [0.25, 0.3) is 0 Å². The fraction of sp³-hybridized carbons (Fsp3) is 0.571. The summed E-state index contributed by atoms with van der Waals surface area (Å²) in [6.45, 7) is 3.18. The van der Waals surface area contributed by atoms with E-state index in [2.05, 4.69) is 10.0 Å². The third-order valence-electron chi connectivity index (χ3n) is 3.32. The molecule has 5 heteroatoms. The largest absolute Gasteiger partial charge is 0.384 e. The van der Waals surface area contributed by atoms with Crippen LogP contribution in [-0.4, -0.2) is 21.5 Å². The summed E-state index contributed by atoms with van der Waals surface area (Å²) in [6.07, 6.45) is 4.69. The van der Waals surface area contributed by atoms with Crippen LogP contribution in [0.5, 0.6) is 0 Å². The molecule has 0 aliphatic heterocycles. The average molecular weight is 282 g/mol. The van der Waals surface area contributed by atoms with Gasteiger partial charge in [-0.2, -0.15) is 0 Å². The fourth-order valence-electron chi connectivity index (χ4n) is 2.12. The maximum Gasteiger partial charge on any atom is 0.242 e. The van der Waals surface area contributed by atoms with E-state index < -0.39 is 10.0 Å². The second-order valence-electron chi connectivity index (χ2n) is 5.01. The van der Waals surface area contributed by atoms with E-state index in [-0.39, 0.29) is 0 Å². The molecular weight excluding hydrogens is 260 g/mol. The summed E-state index contributed by atoms with van der Waals surface area (Å²) in [6, 6.07) is 7.02. The SMILES string of the molecule is CCNc1ccccc1S(=O)(=O)NCCCC1CC1. The van der Waals surface area contributed by atoms with E-state index in [1.165, 1.54) is 12.8 Å². The Bertz CT molecular complexity index is 510. The maximum absolute atomic E-state index is 12.2. The van der Waals surface area contributed by atoms with Crippen molar-refractivity contribution in [1.29, 1.82) is 0 Å². The Hall–Kier alpha value is -1.07. The quantitative estimate of drug-likeness (QED) is 0.721. The maximum atomic E-state index is 12.2. The molecule has 0 aromatic heterocycles. The Morgan fingerprint density at radius 3 is 2.68 bits per heavy atom. The first-order chi connectivity index (χ1) is 9.13. The van der Waals surface area contributed by atoms with Gasteiger partial charge >= 0.3 is 0 Å². The molecule has 0 spiro atoms. The van der Waals surface area contributed by atoms with E-state index in [4.69, 9.17) is 0 Å². The monoisotopic (exact) mass is 282 g/mol. The van der Waals surface area contributed by atoms with Gasteiger partial charge in [0.25, 0.3) is 0 Å². The molecule has 0 heterocycles. The number of hydrogen-bond donors (Lipinski definition) is 2. The van der Waals surface area contributed by atoms with Crippen molar-refractivity contribution < 1.29 is 8.42 Å². The van der Waals surface area contributed by atoms with E-state index in [9.17, 15) is 8.42 Å². The lowest BCUT2D eigenvalue weighted by Crippen LogP contribution is -2.25. The minimum Gasteiger partial charge on any atom is -0.384 e. The second-order valence-corrected chi connectivity index (χ2v) is 6.75. The van der Waals surface area contributed by atoms with Gasteiger partial charge in [-0.25, -0.2) is 13.1 Å². The number of nitrogens with one attached hydrogen (secondary N) is 2. The van der Waals surface area contributed by atoms with E-state index in [1.54, 1.807) is 18.2 Å². The van der Waals surface area contributed by atoms with Gasteiger partial charge in [0.05, 0.1) is 5.69 Å². The number of benzene rings is 1. The van der Waals surface area contributed by atoms with Crippen LogP contribution in [0.15, 0.2) is 29.2 Å². The van der Waals surface area contributed by atoms with Gasteiger partial charge in [0, 0.05) is 13.1 Å². The van der Waals surface area contributed by atoms with Gasteiger partial charge in [0.15, 0.2) is 0 Å². The van der Waals surface area contributed by atoms with Crippen molar-refractivity contribution in [1.82, 2.24) is 4.72 Å². The lowest BCUT2D eigenvalue weighted by molar-refractivity contribution is 0.573. The Labute approximate surface area is 115 Å². The zero-order valence-corrected chi connectivity index (χ0v) is 12.2. The van der Waals surface area contributed by atoms with Gasteiger partial charge in [-0.3, -0.25) is 0 Å². The highest BCUT2D eigenvalue weighted by atomic mass is 32.2. The van der Waals surface area contributed by atoms with Crippen molar-refractivity contribution in [2.45, 2.75) is 37.5 Å². The van der Waals surface area contributed by atoms with Crippen LogP contribution in [0.3, 0.4) is 0 Å². The summed E-state index contributed by atoms with van der Waals surface area (Å²) in [7, 11) is -3.40. The smallest absolute Gasteiger partial charge is 0.242 e. The zero-order chi connectivity index (χ0) is 13.7. The first-order valence-corrected chi connectivity index (χ1v) is 8.44. The van der Waals surface area contributed by atoms with Crippen molar-refractivity contribution in [3.63, 3.8) is 0 Å². The molecule has 19 heavy (non-hydrogen) atoms. The van der Waals surface area contributed by atoms with Gasteiger partial charge in [-0.1, -0.05) is 25.0 Å². The lowest BCUT2D eigenvalue weighted by atomic mass is 10.2. The zero-order valence-electron chi connectivity index (χ0n) is 11.4. The Morgan fingerprint density at radius 2 is 2.00 bits per heavy atom. The summed E-state index contributed by atoms with van der Waals surface area (Å²) >= 11 is 0. The first-order valence-electron chi connectivity index (χ1n) is 6.96. The number of para-hydroxylation sites is 1. The molecule has 1 fully saturated rings. The molecular formula is C14H22N2O2S. The fourth-order valence-corrected chi connectivity index (χ4v) is 3.38. The molecule has 1 aromatic rings. The third kappa shape index (κ3) is 4.21. The second kappa shape index (κ2) is 6.39. The van der Waals surface area contributed by atoms with E-state index in [1.807, 2.05) is 13.0 Å². The molecule has 4 nitrogen and oxygen atoms in total. The molecule has 2 N–H and O–H groups in total. The van der Waals surface area contributed by atoms with E-state index in [0.29, 0.717) is 23.7 Å². The van der Waals surface area contributed by atoms with Crippen LogP contribution in [0, 0.1) is 5.92 Å². The molecule has 0 saturated heterocycles. The Balaban J connectivity index is 1.96. The van der Waals surface area contributed by atoms with Crippen LogP contribution in [0.2, 0.25) is 0 Å². The van der Waals surface area contributed by atoms with Crippen LogP contribution in [0.1, 0.15) is 32.6 Å². The molecule has 0 amide bonds. The number of hydrogen-bond acceptors (Lipinski definition) is 3. The van der Waals surface area contributed by atoms with Crippen LogP contribution >= 0.6 is 0 Å². The molecule has 0 radical (unpaired) electrons. The predicted octanol–water partition coefficient (Wildman–Crippen LogP) is 2.59. The normalized spacial score (nSPS) is 15.4. The van der Waals surface area contributed by atoms with Gasteiger partial charge in [0.1, 0.15) is 4.90 Å². The van der Waals surface area contributed by atoms with Crippen molar-refractivity contribution >= 4 is 15.7 Å². The van der Waals surface area contributed by atoms with Crippen LogP contribution in [0.4, 0.5) is 5.69 Å². The summed E-state index contributed by atoms with van der Waals surface area (Å²) in [4.78, 5) is 0.336. The van der Waals surface area contributed by atoms with Crippen molar-refractivity contribution in [2.24, 2.45) is 5.92 Å². The molecule has 1 aliphatic carbocycles. The Morgan fingerprint density at radius 1 is 1.26 bits per heavy atom. The highest BCUT2D eigenvalue weighted by Crippen LogP contribution is 2.33. The lowest BCUT2D eigenvalue weighted by Gasteiger charge is -2.12. The minimum atomic E-state index is -3.40. The molecule has 106 valence electrons. The summed E-state index contributed by atoms with van der Waals surface area (Å²) in [5, 5.41) is 3.08. The van der Waals surface area contributed by atoms with E-state index in [0.717, 1.165) is 18.8 Å². The molecule has 1 saturated carbocycles. The Kier molecular flexibility index (Phi) is 4.82. The molecule has 2 rings (SSSR count). The number of anilines is 1. The summed E-state index contributed by atoms with van der Waals surface area (Å²) in [5.41, 5.74) is 0.666. The van der Waals surface area contributed by atoms with Crippen LogP contribution in [-0.2, 0) is 10.0 Å². The topological polar surface area (TPSA) is 58.2 Å². The van der Waals surface area contributed by atoms with Crippen molar-refractivity contribution in [3.05, 3.63) is 24.3 Å². The molecule has 0 unspecified atom stereocenters. The standard InChI is InChI=1S/C14H22N2O2S/c1-2-15-13-7-3-4-8-14(13)19(17,18)16-11-5-6-12-9-10-12/h3-4,7-8,12,15-16H,2,5-6,9-11H2,1H3. The van der Waals surface area contributed by atoms with Gasteiger partial charge in [-0.15, -0.1) is 0 Å². The molecule has 1 aromatic carbocycles. The first kappa shape index (κ1) is 14.3. The predicted molar refractivity (Wildman–Crippen MR) is 77.8 cm³/mol. The summed E-state index contributed by atoms with van der Waals surface area (Å²) in [5.74, 6) is 0.846. The van der Waals surface area contributed by atoms with Gasteiger partial charge in [-0.05, 0) is 37.8 Å². The van der Waals surface area contributed by atoms with Crippen molar-refractivity contribution in [2.75, 3.05) is 18.4 Å². The van der Waals surface area contributed by atoms with Crippen LogP contribution < -0.4 is 10.0 Å². The van der Waals surface area contributed by atoms with Crippen molar-refractivity contribution in [3.8, 4) is 0 Å². The van der Waals surface area contributed by atoms with Gasteiger partial charge < -0.3 is 5.32 Å². The minimum absolute atomic E-state index is 0.336.